The van der Waals surface area contributed by atoms with Gasteiger partial charge in [-0.3, -0.25) is 0 Å². The minimum atomic E-state index is 0.210. The van der Waals surface area contributed by atoms with Gasteiger partial charge in [-0.05, 0) is 24.3 Å². The number of anilines is 2. The number of rotatable bonds is 2. The molecule has 38 heavy (non-hydrogen) atoms. The SMILES string of the molecule is CNc1ccccc1.CNc1ccccc1.C[Si](C)=[Zr+2].c1ccc2[cH-]ccc2c1.c1ccc2[cH-]ccc2c1. The Labute approximate surface area is 243 Å². The van der Waals surface area contributed by atoms with Gasteiger partial charge in [-0.15, -0.1) is 59.3 Å². The molecule has 2 nitrogen and oxygen atoms in total. The third-order valence-electron chi connectivity index (χ3n) is 5.22. The van der Waals surface area contributed by atoms with Crippen molar-refractivity contribution in [2.24, 2.45) is 0 Å². The molecule has 0 atom stereocenters. The van der Waals surface area contributed by atoms with Crippen LogP contribution in [0.4, 0.5) is 11.4 Å². The van der Waals surface area contributed by atoms with Gasteiger partial charge < -0.3 is 10.6 Å². The van der Waals surface area contributed by atoms with Crippen molar-refractivity contribution < 1.29 is 23.3 Å². The quantitative estimate of drug-likeness (QED) is 0.154. The average Bonchev–Trinajstić information content (AvgIpc) is 3.64. The Kier molecular flexibility index (Phi) is 15.5. The van der Waals surface area contributed by atoms with Crippen LogP contribution in [0.15, 0.2) is 146 Å². The molecule has 0 bridgehead atoms. The summed E-state index contributed by atoms with van der Waals surface area (Å²) in [6.07, 6.45) is 0. The predicted octanol–water partition coefficient (Wildman–Crippen LogP) is 9.36. The molecule has 0 aliphatic carbocycles. The number of hydrogen-bond acceptors (Lipinski definition) is 2. The van der Waals surface area contributed by atoms with Gasteiger partial charge >= 0.3 is 41.9 Å². The molecule has 0 radical (unpaired) electrons. The first kappa shape index (κ1) is 31.0. The largest absolute Gasteiger partial charge is 0.168 e. The summed E-state index contributed by atoms with van der Waals surface area (Å²) in [6, 6.07) is 49.5. The number of benzene rings is 4. The van der Waals surface area contributed by atoms with E-state index in [1.165, 1.54) is 21.5 Å². The van der Waals surface area contributed by atoms with E-state index in [1.807, 2.05) is 74.8 Å². The maximum Gasteiger partial charge on any atom is -0.0809 e. The summed E-state index contributed by atoms with van der Waals surface area (Å²) in [5.74, 6) is 0. The zero-order chi connectivity index (χ0) is 27.4. The van der Waals surface area contributed by atoms with E-state index in [-0.39, 0.29) is 5.43 Å². The second-order valence-electron chi connectivity index (χ2n) is 8.54. The standard InChI is InChI=1S/2C9H7.2C7H9N.C2H6Si.Zr/c2*1-2-5-9-7-3-6-8(9)4-1;2*1-8-7-5-3-2-4-6-7;1-3-2;/h2*1-7H;2*2-6,8H,1H3;1-2H3;/q2*-1;;;;+2. The van der Waals surface area contributed by atoms with E-state index in [2.05, 4.69) is 109 Å². The van der Waals surface area contributed by atoms with Crippen molar-refractivity contribution in [3.63, 3.8) is 0 Å². The van der Waals surface area contributed by atoms with Crippen LogP contribution in [0, 0.1) is 0 Å². The average molecular weight is 594 g/mol. The molecule has 192 valence electrons. The summed E-state index contributed by atoms with van der Waals surface area (Å²) in [4.78, 5) is 0. The van der Waals surface area contributed by atoms with Crippen LogP contribution in [-0.4, -0.2) is 19.5 Å². The van der Waals surface area contributed by atoms with Crippen LogP contribution in [0.25, 0.3) is 21.5 Å². The summed E-state index contributed by atoms with van der Waals surface area (Å²) < 4.78 is 0. The molecule has 0 fully saturated rings. The second-order valence-corrected chi connectivity index (χ2v) is 17.9. The second kappa shape index (κ2) is 19.0. The summed E-state index contributed by atoms with van der Waals surface area (Å²) in [7, 11) is 3.82. The van der Waals surface area contributed by atoms with Gasteiger partial charge in [0, 0.05) is 25.5 Å². The Morgan fingerprint density at radius 2 is 0.816 bits per heavy atom. The molecule has 0 aromatic heterocycles. The summed E-state index contributed by atoms with van der Waals surface area (Å²) in [6.45, 7) is 4.62. The van der Waals surface area contributed by atoms with Crippen molar-refractivity contribution in [3.8, 4) is 0 Å². The first-order valence-electron chi connectivity index (χ1n) is 12.7. The fraction of sp³-hybridized carbons (Fsp3) is 0.118. The molecule has 0 saturated carbocycles. The molecular formula is C34H38N2SiZr. The molecular weight excluding hydrogens is 556 g/mol. The summed E-state index contributed by atoms with van der Waals surface area (Å²) >= 11 is 1.74. The number of para-hydroxylation sites is 2. The molecule has 0 saturated heterocycles. The van der Waals surface area contributed by atoms with Gasteiger partial charge in [0.05, 0.1) is 0 Å². The van der Waals surface area contributed by atoms with Crippen LogP contribution in [-0.2, 0) is 23.3 Å². The molecule has 0 aliphatic rings. The molecule has 4 heteroatoms. The monoisotopic (exact) mass is 592 g/mol. The van der Waals surface area contributed by atoms with Gasteiger partial charge in [-0.1, -0.05) is 48.5 Å². The summed E-state index contributed by atoms with van der Waals surface area (Å²) in [5.41, 5.74) is 2.53. The molecule has 6 rings (SSSR count). The molecule has 6 aromatic rings. The molecule has 0 unspecified atom stereocenters. The van der Waals surface area contributed by atoms with Crippen LogP contribution in [0.5, 0.6) is 0 Å². The van der Waals surface area contributed by atoms with E-state index in [4.69, 9.17) is 0 Å². The zero-order valence-electron chi connectivity index (χ0n) is 22.9. The van der Waals surface area contributed by atoms with Crippen molar-refractivity contribution in [3.05, 3.63) is 146 Å². The van der Waals surface area contributed by atoms with Crippen LogP contribution < -0.4 is 10.6 Å². The Hall–Kier alpha value is -3.20. The Bertz CT molecular complexity index is 1250. The van der Waals surface area contributed by atoms with Crippen LogP contribution in [0.2, 0.25) is 13.1 Å². The van der Waals surface area contributed by atoms with E-state index < -0.39 is 0 Å². The first-order chi connectivity index (χ1) is 18.5. The van der Waals surface area contributed by atoms with Crippen molar-refractivity contribution in [1.29, 1.82) is 0 Å². The van der Waals surface area contributed by atoms with Gasteiger partial charge in [0.25, 0.3) is 0 Å². The van der Waals surface area contributed by atoms with Crippen LogP contribution in [0.1, 0.15) is 0 Å². The normalized spacial score (nSPS) is 9.21. The van der Waals surface area contributed by atoms with Gasteiger partial charge in [0.1, 0.15) is 0 Å². The third-order valence-corrected chi connectivity index (χ3v) is 5.22. The molecule has 0 amide bonds. The molecule has 0 spiro atoms. The minimum Gasteiger partial charge on any atom is -0.168 e. The smallest absolute Gasteiger partial charge is 0.0809 e. The minimum absolute atomic E-state index is 0.210. The van der Waals surface area contributed by atoms with Gasteiger partial charge in [0.2, 0.25) is 0 Å². The third kappa shape index (κ3) is 12.9. The number of fused-ring (bicyclic) bond motifs is 2. The van der Waals surface area contributed by atoms with Crippen molar-refractivity contribution in [2.75, 3.05) is 24.7 Å². The fourth-order valence-corrected chi connectivity index (χ4v) is 3.35. The first-order valence-corrected chi connectivity index (χ1v) is 18.9. The fourth-order valence-electron chi connectivity index (χ4n) is 3.35. The maximum atomic E-state index is 3.03. The van der Waals surface area contributed by atoms with Crippen LogP contribution >= 0.6 is 0 Å². The van der Waals surface area contributed by atoms with E-state index in [0.29, 0.717) is 0 Å². The number of hydrogen-bond donors (Lipinski definition) is 2. The van der Waals surface area contributed by atoms with Gasteiger partial charge in [-0.25, -0.2) is 0 Å². The number of nitrogens with one attached hydrogen (secondary N) is 2. The van der Waals surface area contributed by atoms with E-state index in [0.717, 1.165) is 11.4 Å². The molecule has 6 aromatic carbocycles. The topological polar surface area (TPSA) is 24.1 Å². The maximum absolute atomic E-state index is 3.03. The van der Waals surface area contributed by atoms with Gasteiger partial charge in [-0.2, -0.15) is 35.0 Å². The Morgan fingerprint density at radius 3 is 1.11 bits per heavy atom. The van der Waals surface area contributed by atoms with Crippen molar-refractivity contribution in [1.82, 2.24) is 0 Å². The Morgan fingerprint density at radius 1 is 0.500 bits per heavy atom. The molecule has 0 aliphatic heterocycles. The van der Waals surface area contributed by atoms with Crippen molar-refractivity contribution in [2.45, 2.75) is 13.1 Å². The zero-order valence-corrected chi connectivity index (χ0v) is 26.3. The van der Waals surface area contributed by atoms with Crippen molar-refractivity contribution >= 4 is 38.4 Å². The van der Waals surface area contributed by atoms with E-state index >= 15 is 0 Å². The summed E-state index contributed by atoms with van der Waals surface area (Å²) in [5, 5.41) is 11.4. The molecule has 2 N–H and O–H groups in total. The van der Waals surface area contributed by atoms with Gasteiger partial charge in [0.15, 0.2) is 0 Å². The molecule has 0 heterocycles. The predicted molar refractivity (Wildman–Crippen MR) is 169 cm³/mol. The van der Waals surface area contributed by atoms with E-state index in [1.54, 1.807) is 23.3 Å². The Balaban J connectivity index is 0.000000170. The van der Waals surface area contributed by atoms with Crippen LogP contribution in [0.3, 0.4) is 0 Å². The van der Waals surface area contributed by atoms with E-state index in [9.17, 15) is 0 Å².